The predicted octanol–water partition coefficient (Wildman–Crippen LogP) is 3.04. The molecule has 2 amide bonds. The number of carbonyl (C=O) groups is 2. The monoisotopic (exact) mass is 323 g/mol. The van der Waals surface area contributed by atoms with Gasteiger partial charge in [0.15, 0.2) is 0 Å². The van der Waals surface area contributed by atoms with Gasteiger partial charge in [-0.15, -0.1) is 0 Å². The molecule has 98 valence electrons. The van der Waals surface area contributed by atoms with Crippen molar-refractivity contribution in [3.63, 3.8) is 0 Å². The highest BCUT2D eigenvalue weighted by Gasteiger charge is 2.48. The highest BCUT2D eigenvalue weighted by molar-refractivity contribution is 9.10. The molecule has 3 nitrogen and oxygen atoms in total. The van der Waals surface area contributed by atoms with Crippen LogP contribution in [0, 0.1) is 17.7 Å². The van der Waals surface area contributed by atoms with Gasteiger partial charge in [0.2, 0.25) is 11.8 Å². The fraction of sp³-hybridized carbons (Fsp3) is 0.286. The van der Waals surface area contributed by atoms with Crippen LogP contribution in [0.25, 0.3) is 0 Å². The number of anilines is 1. The normalized spacial score (nSPS) is 25.9. The lowest BCUT2D eigenvalue weighted by Crippen LogP contribution is -2.31. The van der Waals surface area contributed by atoms with E-state index < -0.39 is 5.82 Å². The second kappa shape index (κ2) is 4.56. The summed E-state index contributed by atoms with van der Waals surface area (Å²) >= 11 is 3.21. The lowest BCUT2D eigenvalue weighted by molar-refractivity contribution is -0.122. The molecular formula is C14H11BrFNO2. The molecule has 0 bridgehead atoms. The van der Waals surface area contributed by atoms with Crippen LogP contribution in [0.3, 0.4) is 0 Å². The molecule has 2 atom stereocenters. The quantitative estimate of drug-likeness (QED) is 0.588. The summed E-state index contributed by atoms with van der Waals surface area (Å²) in [6.07, 6.45) is 5.08. The summed E-state index contributed by atoms with van der Waals surface area (Å²) in [6, 6.07) is 3.97. The molecule has 2 unspecified atom stereocenters. The first-order chi connectivity index (χ1) is 9.09. The van der Waals surface area contributed by atoms with E-state index in [1.54, 1.807) is 0 Å². The van der Waals surface area contributed by atoms with Gasteiger partial charge in [-0.05, 0) is 47.0 Å². The first kappa shape index (κ1) is 12.5. The van der Waals surface area contributed by atoms with E-state index in [2.05, 4.69) is 15.9 Å². The summed E-state index contributed by atoms with van der Waals surface area (Å²) in [5.74, 6) is -1.32. The van der Waals surface area contributed by atoms with Crippen LogP contribution in [-0.2, 0) is 9.59 Å². The van der Waals surface area contributed by atoms with Gasteiger partial charge in [0.25, 0.3) is 0 Å². The van der Waals surface area contributed by atoms with Crippen molar-refractivity contribution in [2.24, 2.45) is 11.8 Å². The first-order valence-electron chi connectivity index (χ1n) is 6.07. The minimum Gasteiger partial charge on any atom is -0.274 e. The van der Waals surface area contributed by atoms with E-state index in [0.717, 1.165) is 0 Å². The van der Waals surface area contributed by atoms with Crippen LogP contribution in [0.4, 0.5) is 10.1 Å². The Labute approximate surface area is 118 Å². The van der Waals surface area contributed by atoms with E-state index in [-0.39, 0.29) is 23.7 Å². The molecule has 0 N–H and O–H groups in total. The summed E-state index contributed by atoms with van der Waals surface area (Å²) in [6.45, 7) is 0. The number of nitrogens with zero attached hydrogens (tertiary/aromatic N) is 1. The smallest absolute Gasteiger partial charge is 0.238 e. The maximum atomic E-state index is 13.1. The molecular weight excluding hydrogens is 313 g/mol. The van der Waals surface area contributed by atoms with Crippen molar-refractivity contribution in [3.05, 3.63) is 40.6 Å². The fourth-order valence-electron chi connectivity index (χ4n) is 2.70. The van der Waals surface area contributed by atoms with Crippen molar-refractivity contribution in [1.82, 2.24) is 0 Å². The van der Waals surface area contributed by atoms with Crippen LogP contribution in [0.2, 0.25) is 0 Å². The Kier molecular flexibility index (Phi) is 3.01. The third-order valence-electron chi connectivity index (χ3n) is 3.66. The van der Waals surface area contributed by atoms with Crippen LogP contribution in [-0.4, -0.2) is 11.8 Å². The molecule has 0 radical (unpaired) electrons. The molecule has 1 aliphatic heterocycles. The number of allylic oxidation sites excluding steroid dienone is 2. The van der Waals surface area contributed by atoms with Gasteiger partial charge in [-0.25, -0.2) is 9.29 Å². The molecule has 1 heterocycles. The van der Waals surface area contributed by atoms with Gasteiger partial charge in [0, 0.05) is 4.47 Å². The van der Waals surface area contributed by atoms with Crippen LogP contribution in [0.5, 0.6) is 0 Å². The van der Waals surface area contributed by atoms with Gasteiger partial charge in [0.05, 0.1) is 17.5 Å². The summed E-state index contributed by atoms with van der Waals surface area (Å²) in [5, 5.41) is 0. The topological polar surface area (TPSA) is 37.4 Å². The molecule has 0 aromatic heterocycles. The maximum absolute atomic E-state index is 13.1. The molecule has 1 aromatic carbocycles. The molecule has 3 rings (SSSR count). The summed E-state index contributed by atoms with van der Waals surface area (Å²) < 4.78 is 13.5. The molecule has 0 spiro atoms. The Bertz CT molecular complexity index is 573. The van der Waals surface area contributed by atoms with Gasteiger partial charge in [-0.1, -0.05) is 12.2 Å². The minimum absolute atomic E-state index is 0.188. The first-order valence-corrected chi connectivity index (χ1v) is 6.87. The average molecular weight is 324 g/mol. The van der Waals surface area contributed by atoms with Gasteiger partial charge in [0.1, 0.15) is 5.82 Å². The molecule has 2 aliphatic rings. The SMILES string of the molecule is O=C1C2CC=CCC2C(=O)N1c1ccc(F)cc1Br. The zero-order valence-corrected chi connectivity index (χ0v) is 11.6. The van der Waals surface area contributed by atoms with Crippen molar-refractivity contribution in [2.45, 2.75) is 12.8 Å². The fourth-order valence-corrected chi connectivity index (χ4v) is 3.23. The number of carbonyl (C=O) groups excluding carboxylic acids is 2. The van der Waals surface area contributed by atoms with Crippen LogP contribution < -0.4 is 4.90 Å². The highest BCUT2D eigenvalue weighted by Crippen LogP contribution is 2.39. The Hall–Kier alpha value is -1.49. The Morgan fingerprint density at radius 1 is 1.11 bits per heavy atom. The van der Waals surface area contributed by atoms with Gasteiger partial charge >= 0.3 is 0 Å². The summed E-state index contributed by atoms with van der Waals surface area (Å²) in [7, 11) is 0. The number of fused-ring (bicyclic) bond motifs is 1. The largest absolute Gasteiger partial charge is 0.274 e. The van der Waals surface area contributed by atoms with Crippen molar-refractivity contribution in [3.8, 4) is 0 Å². The number of imide groups is 1. The van der Waals surface area contributed by atoms with E-state index in [1.165, 1.54) is 23.1 Å². The second-order valence-corrected chi connectivity index (χ2v) is 5.62. The minimum atomic E-state index is -0.409. The zero-order chi connectivity index (χ0) is 13.6. The van der Waals surface area contributed by atoms with Crippen LogP contribution in [0.1, 0.15) is 12.8 Å². The van der Waals surface area contributed by atoms with Crippen molar-refractivity contribution in [1.29, 1.82) is 0 Å². The van der Waals surface area contributed by atoms with E-state index in [4.69, 9.17) is 0 Å². The Balaban J connectivity index is 2.02. The van der Waals surface area contributed by atoms with Gasteiger partial charge in [-0.2, -0.15) is 0 Å². The van der Waals surface area contributed by atoms with Crippen LogP contribution >= 0.6 is 15.9 Å². The molecule has 1 saturated heterocycles. The zero-order valence-electron chi connectivity index (χ0n) is 9.98. The van der Waals surface area contributed by atoms with Gasteiger partial charge in [-0.3, -0.25) is 9.59 Å². The lowest BCUT2D eigenvalue weighted by atomic mass is 9.85. The van der Waals surface area contributed by atoms with E-state index in [1.807, 2.05) is 12.2 Å². The van der Waals surface area contributed by atoms with Crippen molar-refractivity contribution < 1.29 is 14.0 Å². The number of rotatable bonds is 1. The molecule has 5 heteroatoms. The number of benzene rings is 1. The molecule has 1 aliphatic carbocycles. The third-order valence-corrected chi connectivity index (χ3v) is 4.29. The lowest BCUT2D eigenvalue weighted by Gasteiger charge is -2.16. The van der Waals surface area contributed by atoms with E-state index >= 15 is 0 Å². The summed E-state index contributed by atoms with van der Waals surface area (Å²) in [5.41, 5.74) is 0.422. The maximum Gasteiger partial charge on any atom is 0.238 e. The number of hydrogen-bond acceptors (Lipinski definition) is 2. The average Bonchev–Trinajstić information content (AvgIpc) is 2.64. The second-order valence-electron chi connectivity index (χ2n) is 4.76. The standard InChI is InChI=1S/C14H11BrFNO2/c15-11-7-8(16)5-6-12(11)17-13(18)9-3-1-2-4-10(9)14(17)19/h1-2,5-7,9-10H,3-4H2. The number of amides is 2. The molecule has 19 heavy (non-hydrogen) atoms. The summed E-state index contributed by atoms with van der Waals surface area (Å²) in [4.78, 5) is 25.9. The van der Waals surface area contributed by atoms with Gasteiger partial charge < -0.3 is 0 Å². The Morgan fingerprint density at radius 2 is 1.68 bits per heavy atom. The van der Waals surface area contributed by atoms with E-state index in [9.17, 15) is 14.0 Å². The van der Waals surface area contributed by atoms with Crippen LogP contribution in [0.15, 0.2) is 34.8 Å². The van der Waals surface area contributed by atoms with Crippen molar-refractivity contribution in [2.75, 3.05) is 4.90 Å². The number of hydrogen-bond donors (Lipinski definition) is 0. The number of halogens is 2. The van der Waals surface area contributed by atoms with Crippen molar-refractivity contribution >= 4 is 33.4 Å². The highest BCUT2D eigenvalue weighted by atomic mass is 79.9. The third kappa shape index (κ3) is 1.92. The Morgan fingerprint density at radius 3 is 2.21 bits per heavy atom. The predicted molar refractivity (Wildman–Crippen MR) is 71.9 cm³/mol. The molecule has 0 saturated carbocycles. The molecule has 1 aromatic rings. The van der Waals surface area contributed by atoms with E-state index in [0.29, 0.717) is 23.0 Å². The molecule has 1 fully saturated rings.